The summed E-state index contributed by atoms with van der Waals surface area (Å²) < 4.78 is 5.45. The number of nitrogens with zero attached hydrogens (tertiary/aromatic N) is 1. The molecule has 0 radical (unpaired) electrons. The minimum Gasteiger partial charge on any atom is -0.468 e. The molecule has 1 aromatic rings. The lowest BCUT2D eigenvalue weighted by Crippen LogP contribution is -2.41. The van der Waals surface area contributed by atoms with Crippen LogP contribution < -0.4 is 5.32 Å². The molecule has 1 N–H and O–H groups in total. The molecule has 0 unspecified atom stereocenters. The topological polar surface area (TPSA) is 28.4 Å². The molecule has 1 heterocycles. The largest absolute Gasteiger partial charge is 0.468 e. The van der Waals surface area contributed by atoms with E-state index in [0.717, 1.165) is 25.4 Å². The zero-order valence-corrected chi connectivity index (χ0v) is 12.5. The van der Waals surface area contributed by atoms with E-state index < -0.39 is 0 Å². The zero-order valence-electron chi connectivity index (χ0n) is 12.5. The Labute approximate surface area is 117 Å². The van der Waals surface area contributed by atoms with Crippen molar-refractivity contribution >= 4 is 0 Å². The zero-order chi connectivity index (χ0) is 13.6. The number of hydrogen-bond donors (Lipinski definition) is 1. The highest BCUT2D eigenvalue weighted by Crippen LogP contribution is 2.35. The van der Waals surface area contributed by atoms with E-state index in [2.05, 4.69) is 30.4 Å². The second-order valence-electron chi connectivity index (χ2n) is 6.20. The fourth-order valence-corrected chi connectivity index (χ4v) is 3.54. The highest BCUT2D eigenvalue weighted by Gasteiger charge is 2.31. The second kappa shape index (κ2) is 7.11. The fraction of sp³-hybridized carbons (Fsp3) is 0.750. The molecule has 108 valence electrons. The van der Waals surface area contributed by atoms with Crippen LogP contribution in [0.1, 0.15) is 44.3 Å². The van der Waals surface area contributed by atoms with Gasteiger partial charge in [0.25, 0.3) is 0 Å². The smallest absolute Gasteiger partial charge is 0.117 e. The van der Waals surface area contributed by atoms with Crippen LogP contribution in [-0.2, 0) is 6.54 Å². The second-order valence-corrected chi connectivity index (χ2v) is 6.20. The van der Waals surface area contributed by atoms with Crippen molar-refractivity contribution in [1.82, 2.24) is 10.2 Å². The van der Waals surface area contributed by atoms with Gasteiger partial charge in [0.15, 0.2) is 0 Å². The van der Waals surface area contributed by atoms with Gasteiger partial charge in [0.05, 0.1) is 12.8 Å². The predicted octanol–water partition coefficient (Wildman–Crippen LogP) is 3.27. The Hall–Kier alpha value is -0.800. The first-order chi connectivity index (χ1) is 9.24. The maximum Gasteiger partial charge on any atom is 0.117 e. The summed E-state index contributed by atoms with van der Waals surface area (Å²) in [5.74, 6) is 1.07. The number of hydrogen-bond acceptors (Lipinski definition) is 3. The van der Waals surface area contributed by atoms with E-state index in [9.17, 15) is 0 Å². The molecule has 3 heteroatoms. The molecule has 3 nitrogen and oxygen atoms in total. The summed E-state index contributed by atoms with van der Waals surface area (Å²) in [6, 6.07) is 4.03. The molecule has 0 aromatic carbocycles. The molecule has 0 atom stereocenters. The lowest BCUT2D eigenvalue weighted by atomic mass is 9.79. The molecule has 1 saturated carbocycles. The summed E-state index contributed by atoms with van der Waals surface area (Å²) in [6.45, 7) is 3.21. The molecule has 1 aromatic heterocycles. The lowest BCUT2D eigenvalue weighted by molar-refractivity contribution is 0.139. The van der Waals surface area contributed by atoms with Gasteiger partial charge in [-0.2, -0.15) is 0 Å². The summed E-state index contributed by atoms with van der Waals surface area (Å²) in [7, 11) is 4.30. The number of nitrogens with one attached hydrogen (secondary N) is 1. The quantitative estimate of drug-likeness (QED) is 0.799. The molecular weight excluding hydrogens is 236 g/mol. The van der Waals surface area contributed by atoms with Crippen molar-refractivity contribution in [2.75, 3.05) is 27.2 Å². The van der Waals surface area contributed by atoms with Gasteiger partial charge >= 0.3 is 0 Å². The Bertz CT molecular complexity index is 340. The molecule has 0 spiro atoms. The molecule has 19 heavy (non-hydrogen) atoms. The first-order valence-corrected chi connectivity index (χ1v) is 7.60. The first kappa shape index (κ1) is 14.6. The van der Waals surface area contributed by atoms with Gasteiger partial charge in [-0.3, -0.25) is 4.90 Å². The van der Waals surface area contributed by atoms with Crippen molar-refractivity contribution in [3.05, 3.63) is 24.2 Å². The van der Waals surface area contributed by atoms with Crippen molar-refractivity contribution in [2.24, 2.45) is 5.41 Å². The molecule has 2 rings (SSSR count). The molecule has 1 fully saturated rings. The molecule has 1 aliphatic carbocycles. The molecule has 0 saturated heterocycles. The van der Waals surface area contributed by atoms with Gasteiger partial charge in [0, 0.05) is 13.1 Å². The Kier molecular flexibility index (Phi) is 5.46. The maximum atomic E-state index is 5.45. The van der Waals surface area contributed by atoms with Crippen LogP contribution in [0.3, 0.4) is 0 Å². The van der Waals surface area contributed by atoms with E-state index in [1.807, 2.05) is 6.07 Å². The highest BCUT2D eigenvalue weighted by atomic mass is 16.3. The Morgan fingerprint density at radius 3 is 2.58 bits per heavy atom. The maximum absolute atomic E-state index is 5.45. The van der Waals surface area contributed by atoms with E-state index in [0.29, 0.717) is 5.41 Å². The molecule has 0 bridgehead atoms. The molecule has 0 aliphatic heterocycles. The van der Waals surface area contributed by atoms with Crippen molar-refractivity contribution in [3.8, 4) is 0 Å². The van der Waals surface area contributed by atoms with Crippen LogP contribution in [0.2, 0.25) is 0 Å². The average molecular weight is 264 g/mol. The van der Waals surface area contributed by atoms with Crippen LogP contribution in [0.15, 0.2) is 22.8 Å². The van der Waals surface area contributed by atoms with E-state index >= 15 is 0 Å². The summed E-state index contributed by atoms with van der Waals surface area (Å²) in [5.41, 5.74) is 0.451. The van der Waals surface area contributed by atoms with Crippen LogP contribution in [0, 0.1) is 5.41 Å². The monoisotopic (exact) mass is 264 g/mol. The van der Waals surface area contributed by atoms with Gasteiger partial charge in [-0.15, -0.1) is 0 Å². The van der Waals surface area contributed by atoms with Gasteiger partial charge in [-0.1, -0.05) is 25.7 Å². The van der Waals surface area contributed by atoms with E-state index in [-0.39, 0.29) is 0 Å². The lowest BCUT2D eigenvalue weighted by Gasteiger charge is -2.36. The SMILES string of the molecule is CNCC1(CN(C)Cc2ccco2)CCCCCC1. The third-order valence-electron chi connectivity index (χ3n) is 4.33. The van der Waals surface area contributed by atoms with Crippen molar-refractivity contribution in [1.29, 1.82) is 0 Å². The summed E-state index contributed by atoms with van der Waals surface area (Å²) in [6.07, 6.45) is 10.1. The van der Waals surface area contributed by atoms with Crippen molar-refractivity contribution in [2.45, 2.75) is 45.1 Å². The van der Waals surface area contributed by atoms with Crippen LogP contribution in [-0.4, -0.2) is 32.1 Å². The van der Waals surface area contributed by atoms with Crippen molar-refractivity contribution in [3.63, 3.8) is 0 Å². The fourth-order valence-electron chi connectivity index (χ4n) is 3.54. The van der Waals surface area contributed by atoms with Gasteiger partial charge in [0.1, 0.15) is 5.76 Å². The van der Waals surface area contributed by atoms with Gasteiger partial charge in [0.2, 0.25) is 0 Å². The first-order valence-electron chi connectivity index (χ1n) is 7.60. The Morgan fingerprint density at radius 1 is 1.26 bits per heavy atom. The Morgan fingerprint density at radius 2 is 2.00 bits per heavy atom. The van der Waals surface area contributed by atoms with Gasteiger partial charge in [-0.05, 0) is 44.5 Å². The third kappa shape index (κ3) is 4.36. The highest BCUT2D eigenvalue weighted by molar-refractivity contribution is 4.98. The van der Waals surface area contributed by atoms with Crippen LogP contribution >= 0.6 is 0 Å². The van der Waals surface area contributed by atoms with Crippen LogP contribution in [0.25, 0.3) is 0 Å². The summed E-state index contributed by atoms with van der Waals surface area (Å²) >= 11 is 0. The summed E-state index contributed by atoms with van der Waals surface area (Å²) in [5, 5.41) is 3.42. The number of rotatable bonds is 6. The van der Waals surface area contributed by atoms with E-state index in [4.69, 9.17) is 4.42 Å². The van der Waals surface area contributed by atoms with Gasteiger partial charge in [-0.25, -0.2) is 0 Å². The average Bonchev–Trinajstić information content (AvgIpc) is 2.76. The normalized spacial score (nSPS) is 19.5. The van der Waals surface area contributed by atoms with Crippen molar-refractivity contribution < 1.29 is 4.42 Å². The third-order valence-corrected chi connectivity index (χ3v) is 4.33. The molecule has 1 aliphatic rings. The predicted molar refractivity (Wildman–Crippen MR) is 79.1 cm³/mol. The molecule has 0 amide bonds. The standard InChI is InChI=1S/C16H28N2O/c1-17-13-16(9-5-3-4-6-10-16)14-18(2)12-15-8-7-11-19-15/h7-8,11,17H,3-6,9-10,12-14H2,1-2H3. The van der Waals surface area contributed by atoms with E-state index in [1.54, 1.807) is 6.26 Å². The summed E-state index contributed by atoms with van der Waals surface area (Å²) in [4.78, 5) is 2.42. The number of furan rings is 1. The van der Waals surface area contributed by atoms with Gasteiger partial charge < -0.3 is 9.73 Å². The van der Waals surface area contributed by atoms with Crippen LogP contribution in [0.4, 0.5) is 0 Å². The minimum atomic E-state index is 0.451. The van der Waals surface area contributed by atoms with Crippen LogP contribution in [0.5, 0.6) is 0 Å². The van der Waals surface area contributed by atoms with E-state index in [1.165, 1.54) is 38.5 Å². The molecular formula is C16H28N2O. The Balaban J connectivity index is 1.94. The minimum absolute atomic E-state index is 0.451.